The molecule has 1 aromatic heterocycles. The van der Waals surface area contributed by atoms with Gasteiger partial charge in [-0.05, 0) is 43.5 Å². The first-order chi connectivity index (χ1) is 12.2. The molecule has 2 N–H and O–H groups in total. The third-order valence-corrected chi connectivity index (χ3v) is 5.80. The second-order valence-corrected chi connectivity index (χ2v) is 8.97. The predicted molar refractivity (Wildman–Crippen MR) is 106 cm³/mol. The van der Waals surface area contributed by atoms with E-state index in [9.17, 15) is 13.2 Å². The summed E-state index contributed by atoms with van der Waals surface area (Å²) in [6.45, 7) is 7.61. The van der Waals surface area contributed by atoms with E-state index in [4.69, 9.17) is 0 Å². The van der Waals surface area contributed by atoms with Gasteiger partial charge in [-0.2, -0.15) is 0 Å². The number of carbonyl (C=O) groups is 1. The average Bonchev–Trinajstić information content (AvgIpc) is 3.01. The standard InChI is InChI=1S/C18H23N3O3S2/c1-12(2)16-11-25-18(19-16)20-17(22)10-7-14-5-8-15(9-6-14)26(23,24)21-13(3)4/h5-13,21H,1-4H3,(H,19,20,22). The van der Waals surface area contributed by atoms with E-state index in [0.29, 0.717) is 11.0 Å². The summed E-state index contributed by atoms with van der Waals surface area (Å²) in [6, 6.07) is 6.15. The molecular formula is C18H23N3O3S2. The first kappa shape index (κ1) is 20.3. The van der Waals surface area contributed by atoms with E-state index >= 15 is 0 Å². The zero-order valence-electron chi connectivity index (χ0n) is 15.2. The quantitative estimate of drug-likeness (QED) is 0.704. The van der Waals surface area contributed by atoms with Crippen LogP contribution in [0, 0.1) is 0 Å². The molecule has 8 heteroatoms. The number of carbonyl (C=O) groups excluding carboxylic acids is 1. The third-order valence-electron chi connectivity index (χ3n) is 3.35. The molecule has 0 saturated carbocycles. The van der Waals surface area contributed by atoms with Crippen LogP contribution in [0.5, 0.6) is 0 Å². The van der Waals surface area contributed by atoms with Crippen molar-refractivity contribution in [2.24, 2.45) is 0 Å². The lowest BCUT2D eigenvalue weighted by atomic mass is 10.2. The summed E-state index contributed by atoms with van der Waals surface area (Å²) < 4.78 is 26.7. The van der Waals surface area contributed by atoms with E-state index in [1.807, 2.05) is 19.2 Å². The molecule has 0 aliphatic heterocycles. The SMILES string of the molecule is CC(C)NS(=O)(=O)c1ccc(C=CC(=O)Nc2nc(C(C)C)cs2)cc1. The first-order valence-corrected chi connectivity index (χ1v) is 10.6. The van der Waals surface area contributed by atoms with Gasteiger partial charge in [-0.3, -0.25) is 10.1 Å². The van der Waals surface area contributed by atoms with Gasteiger partial charge in [0.05, 0.1) is 10.6 Å². The summed E-state index contributed by atoms with van der Waals surface area (Å²) in [5.74, 6) is 0.0280. The minimum atomic E-state index is -3.51. The number of rotatable bonds is 7. The molecule has 0 bridgehead atoms. The Morgan fingerprint density at radius 3 is 2.35 bits per heavy atom. The van der Waals surface area contributed by atoms with Crippen molar-refractivity contribution in [3.05, 3.63) is 47.0 Å². The van der Waals surface area contributed by atoms with Gasteiger partial charge in [0.2, 0.25) is 15.9 Å². The Morgan fingerprint density at radius 1 is 1.15 bits per heavy atom. The van der Waals surface area contributed by atoms with E-state index in [1.165, 1.54) is 29.5 Å². The molecule has 2 aromatic rings. The largest absolute Gasteiger partial charge is 0.298 e. The molecule has 0 spiro atoms. The number of amides is 1. The van der Waals surface area contributed by atoms with Crippen LogP contribution < -0.4 is 10.0 Å². The van der Waals surface area contributed by atoms with Crippen LogP contribution in [-0.4, -0.2) is 25.4 Å². The number of thiazole rings is 1. The molecule has 6 nitrogen and oxygen atoms in total. The molecule has 1 heterocycles. The molecular weight excluding hydrogens is 370 g/mol. The maximum Gasteiger partial charge on any atom is 0.250 e. The van der Waals surface area contributed by atoms with Crippen LogP contribution in [-0.2, 0) is 14.8 Å². The van der Waals surface area contributed by atoms with Crippen molar-refractivity contribution >= 4 is 38.5 Å². The van der Waals surface area contributed by atoms with Crippen molar-refractivity contribution < 1.29 is 13.2 Å². The second-order valence-electron chi connectivity index (χ2n) is 6.40. The minimum absolute atomic E-state index is 0.176. The van der Waals surface area contributed by atoms with Crippen LogP contribution in [0.4, 0.5) is 5.13 Å². The smallest absolute Gasteiger partial charge is 0.250 e. The van der Waals surface area contributed by atoms with Crippen molar-refractivity contribution in [1.82, 2.24) is 9.71 Å². The molecule has 140 valence electrons. The molecule has 26 heavy (non-hydrogen) atoms. The molecule has 2 rings (SSSR count). The Morgan fingerprint density at radius 2 is 1.81 bits per heavy atom. The monoisotopic (exact) mass is 393 g/mol. The Labute approximate surface area is 158 Å². The zero-order chi connectivity index (χ0) is 19.3. The first-order valence-electron chi connectivity index (χ1n) is 8.24. The Balaban J connectivity index is 2.00. The summed E-state index contributed by atoms with van der Waals surface area (Å²) in [5.41, 5.74) is 1.67. The average molecular weight is 394 g/mol. The molecule has 0 unspecified atom stereocenters. The van der Waals surface area contributed by atoms with Crippen LogP contribution in [0.3, 0.4) is 0 Å². The fourth-order valence-corrected chi connectivity index (χ4v) is 4.19. The minimum Gasteiger partial charge on any atom is -0.298 e. The van der Waals surface area contributed by atoms with Gasteiger partial charge < -0.3 is 0 Å². The topological polar surface area (TPSA) is 88.2 Å². The van der Waals surface area contributed by atoms with Crippen molar-refractivity contribution in [3.63, 3.8) is 0 Å². The fourth-order valence-electron chi connectivity index (χ4n) is 2.06. The number of nitrogens with zero attached hydrogens (tertiary/aromatic N) is 1. The lowest BCUT2D eigenvalue weighted by Crippen LogP contribution is -2.30. The van der Waals surface area contributed by atoms with Crippen LogP contribution >= 0.6 is 11.3 Å². The molecule has 1 aromatic carbocycles. The summed E-state index contributed by atoms with van der Waals surface area (Å²) in [6.07, 6.45) is 3.02. The number of nitrogens with one attached hydrogen (secondary N) is 2. The highest BCUT2D eigenvalue weighted by atomic mass is 32.2. The lowest BCUT2D eigenvalue weighted by molar-refractivity contribution is -0.111. The maximum absolute atomic E-state index is 12.1. The van der Waals surface area contributed by atoms with Gasteiger partial charge in [0.25, 0.3) is 0 Å². The summed E-state index contributed by atoms with van der Waals surface area (Å²) >= 11 is 1.39. The van der Waals surface area contributed by atoms with Crippen LogP contribution in [0.25, 0.3) is 6.08 Å². The number of hydrogen-bond donors (Lipinski definition) is 2. The molecule has 1 amide bonds. The van der Waals surface area contributed by atoms with E-state index < -0.39 is 10.0 Å². The summed E-state index contributed by atoms with van der Waals surface area (Å²) in [7, 11) is -3.51. The van der Waals surface area contributed by atoms with E-state index in [0.717, 1.165) is 11.3 Å². The number of hydrogen-bond acceptors (Lipinski definition) is 5. The molecule has 0 radical (unpaired) electrons. The van der Waals surface area contributed by atoms with Crippen LogP contribution in [0.2, 0.25) is 0 Å². The second kappa shape index (κ2) is 8.57. The Hall–Kier alpha value is -2.03. The van der Waals surface area contributed by atoms with Crippen molar-refractivity contribution in [1.29, 1.82) is 0 Å². The van der Waals surface area contributed by atoms with Gasteiger partial charge in [0.1, 0.15) is 0 Å². The lowest BCUT2D eigenvalue weighted by Gasteiger charge is -2.09. The Bertz CT molecular complexity index is 883. The van der Waals surface area contributed by atoms with Crippen LogP contribution in [0.15, 0.2) is 40.6 Å². The molecule has 0 saturated heterocycles. The highest BCUT2D eigenvalue weighted by Gasteiger charge is 2.14. The highest BCUT2D eigenvalue weighted by molar-refractivity contribution is 7.89. The third kappa shape index (κ3) is 5.76. The summed E-state index contributed by atoms with van der Waals surface area (Å²) in [4.78, 5) is 16.5. The fraction of sp³-hybridized carbons (Fsp3) is 0.333. The number of anilines is 1. The number of sulfonamides is 1. The molecule has 0 fully saturated rings. The van der Waals surface area contributed by atoms with Gasteiger partial charge >= 0.3 is 0 Å². The normalized spacial score (nSPS) is 12.2. The van der Waals surface area contributed by atoms with Gasteiger partial charge in [0.15, 0.2) is 5.13 Å². The van der Waals surface area contributed by atoms with E-state index in [-0.39, 0.29) is 16.8 Å². The molecule has 0 aliphatic carbocycles. The van der Waals surface area contributed by atoms with E-state index in [2.05, 4.69) is 15.0 Å². The maximum atomic E-state index is 12.1. The van der Waals surface area contributed by atoms with Gasteiger partial charge in [-0.25, -0.2) is 18.1 Å². The summed E-state index contributed by atoms with van der Waals surface area (Å²) in [5, 5.41) is 5.21. The molecule has 0 atom stereocenters. The van der Waals surface area contributed by atoms with Crippen molar-refractivity contribution in [2.45, 2.75) is 44.6 Å². The highest BCUT2D eigenvalue weighted by Crippen LogP contribution is 2.21. The van der Waals surface area contributed by atoms with Crippen molar-refractivity contribution in [3.8, 4) is 0 Å². The van der Waals surface area contributed by atoms with E-state index in [1.54, 1.807) is 32.1 Å². The van der Waals surface area contributed by atoms with Crippen LogP contribution in [0.1, 0.15) is 44.9 Å². The van der Waals surface area contributed by atoms with Gasteiger partial charge in [-0.1, -0.05) is 26.0 Å². The number of aromatic nitrogens is 1. The Kier molecular flexibility index (Phi) is 6.69. The number of benzene rings is 1. The van der Waals surface area contributed by atoms with Gasteiger partial charge in [0, 0.05) is 17.5 Å². The van der Waals surface area contributed by atoms with Gasteiger partial charge in [-0.15, -0.1) is 11.3 Å². The molecule has 0 aliphatic rings. The zero-order valence-corrected chi connectivity index (χ0v) is 16.8. The predicted octanol–water partition coefficient (Wildman–Crippen LogP) is 3.61. The van der Waals surface area contributed by atoms with Crippen molar-refractivity contribution in [2.75, 3.05) is 5.32 Å².